The van der Waals surface area contributed by atoms with E-state index in [-0.39, 0.29) is 5.91 Å². The fourth-order valence-corrected chi connectivity index (χ4v) is 2.36. The molecule has 4 nitrogen and oxygen atoms in total. The van der Waals surface area contributed by atoms with Crippen LogP contribution in [0.5, 0.6) is 0 Å². The quantitative estimate of drug-likeness (QED) is 0.727. The van der Waals surface area contributed by atoms with Crippen molar-refractivity contribution in [3.05, 3.63) is 0 Å². The number of amides is 1. The summed E-state index contributed by atoms with van der Waals surface area (Å²) in [6.45, 7) is 4.92. The van der Waals surface area contributed by atoms with Crippen LogP contribution in [0.4, 0.5) is 0 Å². The molecule has 0 aliphatic carbocycles. The highest BCUT2D eigenvalue weighted by Gasteiger charge is 2.21. The molecule has 4 heteroatoms. The zero-order valence-electron chi connectivity index (χ0n) is 10.4. The average Bonchev–Trinajstić information content (AvgIpc) is 2.51. The Morgan fingerprint density at radius 2 is 2.25 bits per heavy atom. The molecule has 0 spiro atoms. The predicted molar refractivity (Wildman–Crippen MR) is 66.2 cm³/mol. The zero-order valence-corrected chi connectivity index (χ0v) is 10.4. The summed E-state index contributed by atoms with van der Waals surface area (Å²) in [7, 11) is 0. The summed E-state index contributed by atoms with van der Waals surface area (Å²) in [5, 5.41) is 2.84. The van der Waals surface area contributed by atoms with E-state index in [4.69, 9.17) is 5.73 Å². The lowest BCUT2D eigenvalue weighted by molar-refractivity contribution is -0.122. The van der Waals surface area contributed by atoms with Crippen LogP contribution in [0.25, 0.3) is 0 Å². The monoisotopic (exact) mass is 227 g/mol. The highest BCUT2D eigenvalue weighted by Crippen LogP contribution is 2.18. The zero-order chi connectivity index (χ0) is 11.8. The van der Waals surface area contributed by atoms with E-state index < -0.39 is 0 Å². The minimum atomic E-state index is 0.116. The van der Waals surface area contributed by atoms with Gasteiger partial charge in [-0.15, -0.1) is 0 Å². The molecule has 1 aliphatic heterocycles. The maximum absolute atomic E-state index is 11.6. The minimum Gasteiger partial charge on any atom is -0.354 e. The Morgan fingerprint density at radius 1 is 1.44 bits per heavy atom. The van der Waals surface area contributed by atoms with Crippen LogP contribution in [0.1, 0.15) is 39.0 Å². The Balaban J connectivity index is 2.38. The maximum Gasteiger partial charge on any atom is 0.234 e. The van der Waals surface area contributed by atoms with Gasteiger partial charge in [-0.1, -0.05) is 19.8 Å². The summed E-state index contributed by atoms with van der Waals surface area (Å²) >= 11 is 0. The highest BCUT2D eigenvalue weighted by molar-refractivity contribution is 5.78. The smallest absolute Gasteiger partial charge is 0.234 e. The maximum atomic E-state index is 11.6. The van der Waals surface area contributed by atoms with Crippen molar-refractivity contribution in [2.75, 3.05) is 26.2 Å². The SMILES string of the molecule is CCC1CCCCCN1CC(=O)NCCN. The Hall–Kier alpha value is -0.610. The van der Waals surface area contributed by atoms with Crippen molar-refractivity contribution in [2.45, 2.75) is 45.1 Å². The third-order valence-corrected chi connectivity index (χ3v) is 3.28. The van der Waals surface area contributed by atoms with Crippen molar-refractivity contribution < 1.29 is 4.79 Å². The third kappa shape index (κ3) is 4.49. The van der Waals surface area contributed by atoms with Gasteiger partial charge in [-0.05, 0) is 25.8 Å². The second-order valence-electron chi connectivity index (χ2n) is 4.52. The molecule has 16 heavy (non-hydrogen) atoms. The number of nitrogens with two attached hydrogens (primary N) is 1. The van der Waals surface area contributed by atoms with E-state index >= 15 is 0 Å². The largest absolute Gasteiger partial charge is 0.354 e. The van der Waals surface area contributed by atoms with Gasteiger partial charge in [0.2, 0.25) is 5.91 Å². The Bertz CT molecular complexity index is 208. The summed E-state index contributed by atoms with van der Waals surface area (Å²) < 4.78 is 0. The normalized spacial score (nSPS) is 22.8. The number of nitrogens with zero attached hydrogens (tertiary/aromatic N) is 1. The molecule has 1 atom stereocenters. The number of nitrogens with one attached hydrogen (secondary N) is 1. The predicted octanol–water partition coefficient (Wildman–Crippen LogP) is 0.716. The molecule has 0 aromatic carbocycles. The third-order valence-electron chi connectivity index (χ3n) is 3.28. The molecule has 1 rings (SSSR count). The van der Waals surface area contributed by atoms with E-state index in [1.165, 1.54) is 25.7 Å². The van der Waals surface area contributed by atoms with E-state index in [1.807, 2.05) is 0 Å². The standard InChI is InChI=1S/C12H25N3O/c1-2-11-6-4-3-5-9-15(11)10-12(16)14-8-7-13/h11H,2-10,13H2,1H3,(H,14,16). The molecule has 0 saturated carbocycles. The Kier molecular flexibility index (Phi) is 6.42. The number of likely N-dealkylation sites (tertiary alicyclic amines) is 1. The van der Waals surface area contributed by atoms with Crippen LogP contribution in [-0.4, -0.2) is 43.0 Å². The first kappa shape index (κ1) is 13.5. The van der Waals surface area contributed by atoms with Gasteiger partial charge < -0.3 is 11.1 Å². The fourth-order valence-electron chi connectivity index (χ4n) is 2.36. The average molecular weight is 227 g/mol. The topological polar surface area (TPSA) is 58.4 Å². The van der Waals surface area contributed by atoms with Crippen LogP contribution < -0.4 is 11.1 Å². The Labute approximate surface area is 98.6 Å². The summed E-state index contributed by atoms with van der Waals surface area (Å²) in [5.41, 5.74) is 5.36. The van der Waals surface area contributed by atoms with Crippen LogP contribution in [-0.2, 0) is 4.79 Å². The van der Waals surface area contributed by atoms with Crippen LogP contribution >= 0.6 is 0 Å². The van der Waals surface area contributed by atoms with Gasteiger partial charge in [0.1, 0.15) is 0 Å². The van der Waals surface area contributed by atoms with Crippen LogP contribution in [0.2, 0.25) is 0 Å². The van der Waals surface area contributed by atoms with Crippen molar-refractivity contribution in [3.63, 3.8) is 0 Å². The van der Waals surface area contributed by atoms with Crippen molar-refractivity contribution in [3.8, 4) is 0 Å². The van der Waals surface area contributed by atoms with E-state index in [9.17, 15) is 4.79 Å². The lowest BCUT2D eigenvalue weighted by Gasteiger charge is -2.28. The molecule has 1 saturated heterocycles. The van der Waals surface area contributed by atoms with E-state index in [2.05, 4.69) is 17.1 Å². The molecular weight excluding hydrogens is 202 g/mol. The minimum absolute atomic E-state index is 0.116. The molecule has 3 N–H and O–H groups in total. The molecule has 0 aromatic heterocycles. The Morgan fingerprint density at radius 3 is 2.94 bits per heavy atom. The lowest BCUT2D eigenvalue weighted by Crippen LogP contribution is -2.43. The van der Waals surface area contributed by atoms with Crippen molar-refractivity contribution in [1.29, 1.82) is 0 Å². The van der Waals surface area contributed by atoms with Gasteiger partial charge in [-0.3, -0.25) is 9.69 Å². The van der Waals surface area contributed by atoms with Crippen molar-refractivity contribution in [1.82, 2.24) is 10.2 Å². The molecule has 94 valence electrons. The molecule has 1 unspecified atom stereocenters. The van der Waals surface area contributed by atoms with Gasteiger partial charge in [-0.25, -0.2) is 0 Å². The number of hydrogen-bond donors (Lipinski definition) is 2. The van der Waals surface area contributed by atoms with E-state index in [1.54, 1.807) is 0 Å². The van der Waals surface area contributed by atoms with Crippen LogP contribution in [0.3, 0.4) is 0 Å². The molecule has 1 amide bonds. The number of hydrogen-bond acceptors (Lipinski definition) is 3. The van der Waals surface area contributed by atoms with Gasteiger partial charge in [0.05, 0.1) is 6.54 Å². The molecule has 1 heterocycles. The molecular formula is C12H25N3O. The first-order chi connectivity index (χ1) is 7.77. The fraction of sp³-hybridized carbons (Fsp3) is 0.917. The second-order valence-corrected chi connectivity index (χ2v) is 4.52. The number of carbonyl (C=O) groups is 1. The summed E-state index contributed by atoms with van der Waals surface area (Å²) in [6, 6.07) is 0.589. The summed E-state index contributed by atoms with van der Waals surface area (Å²) in [5.74, 6) is 0.116. The molecule has 0 bridgehead atoms. The van der Waals surface area contributed by atoms with Crippen LogP contribution in [0.15, 0.2) is 0 Å². The first-order valence-corrected chi connectivity index (χ1v) is 6.48. The van der Waals surface area contributed by atoms with Gasteiger partial charge in [-0.2, -0.15) is 0 Å². The van der Waals surface area contributed by atoms with Gasteiger partial charge in [0, 0.05) is 19.1 Å². The molecule has 0 radical (unpaired) electrons. The van der Waals surface area contributed by atoms with E-state index in [0.717, 1.165) is 13.0 Å². The van der Waals surface area contributed by atoms with Gasteiger partial charge in [0.15, 0.2) is 0 Å². The summed E-state index contributed by atoms with van der Waals surface area (Å²) in [6.07, 6.45) is 6.21. The number of rotatable bonds is 5. The molecule has 1 fully saturated rings. The van der Waals surface area contributed by atoms with Gasteiger partial charge >= 0.3 is 0 Å². The molecule has 1 aliphatic rings. The van der Waals surface area contributed by atoms with Crippen LogP contribution in [0, 0.1) is 0 Å². The second kappa shape index (κ2) is 7.63. The highest BCUT2D eigenvalue weighted by atomic mass is 16.2. The molecule has 0 aromatic rings. The van der Waals surface area contributed by atoms with E-state index in [0.29, 0.717) is 25.7 Å². The first-order valence-electron chi connectivity index (χ1n) is 6.48. The number of carbonyl (C=O) groups excluding carboxylic acids is 1. The lowest BCUT2D eigenvalue weighted by atomic mass is 10.1. The van der Waals surface area contributed by atoms with Crippen molar-refractivity contribution >= 4 is 5.91 Å². The van der Waals surface area contributed by atoms with Crippen molar-refractivity contribution in [2.24, 2.45) is 5.73 Å². The van der Waals surface area contributed by atoms with Gasteiger partial charge in [0.25, 0.3) is 0 Å². The summed E-state index contributed by atoms with van der Waals surface area (Å²) in [4.78, 5) is 14.0.